The summed E-state index contributed by atoms with van der Waals surface area (Å²) in [5.74, 6) is -1.23. The highest BCUT2D eigenvalue weighted by molar-refractivity contribution is 5.78. The molecule has 0 aromatic carbocycles. The third-order valence-corrected chi connectivity index (χ3v) is 4.38. The number of nitrogens with one attached hydrogen (secondary N) is 1. The number of carbonyl (C=O) groups excluding carboxylic acids is 1. The molecule has 0 aliphatic carbocycles. The van der Waals surface area contributed by atoms with E-state index in [0.717, 1.165) is 25.9 Å². The van der Waals surface area contributed by atoms with Gasteiger partial charge in [-0.05, 0) is 46.3 Å². The fourth-order valence-electron chi connectivity index (χ4n) is 2.97. The van der Waals surface area contributed by atoms with Crippen LogP contribution in [0.3, 0.4) is 0 Å². The van der Waals surface area contributed by atoms with E-state index in [1.807, 2.05) is 6.92 Å². The van der Waals surface area contributed by atoms with E-state index < -0.39 is 11.9 Å². The molecule has 2 aliphatic rings. The maximum absolute atomic E-state index is 12.2. The molecule has 2 aliphatic heterocycles. The van der Waals surface area contributed by atoms with Gasteiger partial charge in [-0.1, -0.05) is 0 Å². The van der Waals surface area contributed by atoms with Crippen LogP contribution in [0.1, 0.15) is 26.2 Å². The normalized spacial score (nSPS) is 29.5. The lowest BCUT2D eigenvalue weighted by Crippen LogP contribution is -2.50. The second kappa shape index (κ2) is 5.77. The number of aliphatic carboxylic acids is 1. The Kier molecular flexibility index (Phi) is 4.29. The van der Waals surface area contributed by atoms with Gasteiger partial charge in [0.15, 0.2) is 0 Å². The number of carboxylic acids is 1. The molecule has 0 aromatic rings. The molecular weight excluding hydrogens is 246 g/mol. The minimum Gasteiger partial charge on any atom is -0.481 e. The van der Waals surface area contributed by atoms with Crippen molar-refractivity contribution in [1.82, 2.24) is 15.1 Å². The summed E-state index contributed by atoms with van der Waals surface area (Å²) in [6.45, 7) is 4.35. The van der Waals surface area contributed by atoms with Crippen LogP contribution in [0.15, 0.2) is 0 Å². The van der Waals surface area contributed by atoms with E-state index in [-0.39, 0.29) is 18.1 Å². The molecule has 2 atom stereocenters. The van der Waals surface area contributed by atoms with Crippen molar-refractivity contribution in [2.24, 2.45) is 5.92 Å². The van der Waals surface area contributed by atoms with E-state index in [1.54, 1.807) is 4.90 Å². The first kappa shape index (κ1) is 14.1. The van der Waals surface area contributed by atoms with Gasteiger partial charge in [-0.3, -0.25) is 4.79 Å². The van der Waals surface area contributed by atoms with Crippen LogP contribution < -0.4 is 5.32 Å². The molecule has 2 saturated heterocycles. The van der Waals surface area contributed by atoms with Crippen molar-refractivity contribution in [2.75, 3.05) is 26.7 Å². The van der Waals surface area contributed by atoms with Gasteiger partial charge in [0.2, 0.25) is 0 Å². The van der Waals surface area contributed by atoms with E-state index in [2.05, 4.69) is 17.3 Å². The lowest BCUT2D eigenvalue weighted by Gasteiger charge is -2.32. The number of nitrogens with zero attached hydrogens (tertiary/aromatic N) is 2. The van der Waals surface area contributed by atoms with Gasteiger partial charge < -0.3 is 20.2 Å². The standard InChI is InChI=1S/C13H23N3O3/c1-9-11(12(17)18)5-8-16(9)13(19)14-10-3-6-15(2)7-4-10/h9-11H,3-8H2,1-2H3,(H,14,19)(H,17,18). The Morgan fingerprint density at radius 2 is 1.79 bits per heavy atom. The Morgan fingerprint density at radius 1 is 1.16 bits per heavy atom. The minimum atomic E-state index is -0.804. The molecular formula is C13H23N3O3. The van der Waals surface area contributed by atoms with Crippen LogP contribution in [0.2, 0.25) is 0 Å². The number of rotatable bonds is 2. The van der Waals surface area contributed by atoms with E-state index in [1.165, 1.54) is 0 Å². The van der Waals surface area contributed by atoms with E-state index in [9.17, 15) is 9.59 Å². The predicted molar refractivity (Wildman–Crippen MR) is 71.0 cm³/mol. The Labute approximate surface area is 113 Å². The van der Waals surface area contributed by atoms with Crippen molar-refractivity contribution in [1.29, 1.82) is 0 Å². The van der Waals surface area contributed by atoms with Crippen LogP contribution in [-0.4, -0.2) is 65.7 Å². The molecule has 2 fully saturated rings. The van der Waals surface area contributed by atoms with Crippen LogP contribution in [0.5, 0.6) is 0 Å². The second-order valence-electron chi connectivity index (χ2n) is 5.69. The second-order valence-corrected chi connectivity index (χ2v) is 5.69. The summed E-state index contributed by atoms with van der Waals surface area (Å²) in [5, 5.41) is 12.1. The molecule has 2 rings (SSSR count). The SMILES string of the molecule is CC1C(C(=O)O)CCN1C(=O)NC1CCN(C)CC1. The van der Waals surface area contributed by atoms with Gasteiger partial charge in [-0.25, -0.2) is 4.79 Å². The molecule has 2 amide bonds. The molecule has 2 unspecified atom stereocenters. The molecule has 6 heteroatoms. The zero-order chi connectivity index (χ0) is 14.0. The van der Waals surface area contributed by atoms with E-state index >= 15 is 0 Å². The topological polar surface area (TPSA) is 72.9 Å². The zero-order valence-electron chi connectivity index (χ0n) is 11.6. The summed E-state index contributed by atoms with van der Waals surface area (Å²) in [7, 11) is 2.08. The monoisotopic (exact) mass is 269 g/mol. The summed E-state index contributed by atoms with van der Waals surface area (Å²) in [6, 6.07) is -0.102. The van der Waals surface area contributed by atoms with Crippen molar-refractivity contribution < 1.29 is 14.7 Å². The Bertz CT molecular complexity index is 353. The summed E-state index contributed by atoms with van der Waals surface area (Å²) >= 11 is 0. The van der Waals surface area contributed by atoms with Gasteiger partial charge in [-0.2, -0.15) is 0 Å². The Hall–Kier alpha value is -1.30. The largest absolute Gasteiger partial charge is 0.481 e. The summed E-state index contributed by atoms with van der Waals surface area (Å²) < 4.78 is 0. The minimum absolute atomic E-state index is 0.106. The quantitative estimate of drug-likeness (QED) is 0.769. The fraction of sp³-hybridized carbons (Fsp3) is 0.846. The van der Waals surface area contributed by atoms with Crippen LogP contribution in [-0.2, 0) is 4.79 Å². The number of hydrogen-bond donors (Lipinski definition) is 2. The highest BCUT2D eigenvalue weighted by atomic mass is 16.4. The highest BCUT2D eigenvalue weighted by Crippen LogP contribution is 2.24. The number of likely N-dealkylation sites (tertiary alicyclic amines) is 2. The van der Waals surface area contributed by atoms with Crippen LogP contribution in [0.4, 0.5) is 4.79 Å². The Balaban J connectivity index is 1.85. The molecule has 0 aromatic heterocycles. The molecule has 6 nitrogen and oxygen atoms in total. The van der Waals surface area contributed by atoms with Crippen molar-refractivity contribution >= 4 is 12.0 Å². The van der Waals surface area contributed by atoms with Crippen molar-refractivity contribution in [3.05, 3.63) is 0 Å². The lowest BCUT2D eigenvalue weighted by atomic mass is 10.0. The molecule has 0 radical (unpaired) electrons. The first-order valence-electron chi connectivity index (χ1n) is 6.97. The van der Waals surface area contributed by atoms with E-state index in [0.29, 0.717) is 13.0 Å². The fourth-order valence-corrected chi connectivity index (χ4v) is 2.97. The van der Waals surface area contributed by atoms with Crippen molar-refractivity contribution in [3.8, 4) is 0 Å². The number of carboxylic acid groups (broad SMARTS) is 1. The molecule has 2 N–H and O–H groups in total. The van der Waals surface area contributed by atoms with E-state index in [4.69, 9.17) is 5.11 Å². The number of piperidine rings is 1. The average molecular weight is 269 g/mol. The average Bonchev–Trinajstić information content (AvgIpc) is 2.74. The van der Waals surface area contributed by atoms with Crippen LogP contribution in [0, 0.1) is 5.92 Å². The van der Waals surface area contributed by atoms with Crippen LogP contribution >= 0.6 is 0 Å². The molecule has 0 saturated carbocycles. The third-order valence-electron chi connectivity index (χ3n) is 4.38. The number of amides is 2. The first-order chi connectivity index (χ1) is 8.99. The van der Waals surface area contributed by atoms with Gasteiger partial charge in [0.25, 0.3) is 0 Å². The van der Waals surface area contributed by atoms with Crippen LogP contribution in [0.25, 0.3) is 0 Å². The smallest absolute Gasteiger partial charge is 0.317 e. The lowest BCUT2D eigenvalue weighted by molar-refractivity contribution is -0.142. The Morgan fingerprint density at radius 3 is 2.32 bits per heavy atom. The van der Waals surface area contributed by atoms with Gasteiger partial charge in [0, 0.05) is 18.6 Å². The van der Waals surface area contributed by atoms with Crippen molar-refractivity contribution in [3.63, 3.8) is 0 Å². The molecule has 2 heterocycles. The maximum atomic E-state index is 12.2. The first-order valence-corrected chi connectivity index (χ1v) is 6.97. The van der Waals surface area contributed by atoms with Gasteiger partial charge in [0.05, 0.1) is 5.92 Å². The number of urea groups is 1. The van der Waals surface area contributed by atoms with Gasteiger partial charge in [0.1, 0.15) is 0 Å². The summed E-state index contributed by atoms with van der Waals surface area (Å²) in [4.78, 5) is 27.1. The molecule has 0 spiro atoms. The van der Waals surface area contributed by atoms with Crippen molar-refractivity contribution in [2.45, 2.75) is 38.3 Å². The number of hydrogen-bond acceptors (Lipinski definition) is 3. The summed E-state index contributed by atoms with van der Waals surface area (Å²) in [6.07, 6.45) is 2.48. The predicted octanol–water partition coefficient (Wildman–Crippen LogP) is 0.585. The molecule has 0 bridgehead atoms. The highest BCUT2D eigenvalue weighted by Gasteiger charge is 2.38. The zero-order valence-corrected chi connectivity index (χ0v) is 11.6. The molecule has 108 valence electrons. The number of carbonyl (C=O) groups is 2. The van der Waals surface area contributed by atoms with Gasteiger partial charge in [-0.15, -0.1) is 0 Å². The molecule has 19 heavy (non-hydrogen) atoms. The summed E-state index contributed by atoms with van der Waals surface area (Å²) in [5.41, 5.74) is 0. The van der Waals surface area contributed by atoms with Gasteiger partial charge >= 0.3 is 12.0 Å². The third kappa shape index (κ3) is 3.18. The maximum Gasteiger partial charge on any atom is 0.317 e.